The average molecular weight is 214 g/mol. The highest BCUT2D eigenvalue weighted by molar-refractivity contribution is 5.73. The first-order valence-corrected chi connectivity index (χ1v) is 5.08. The van der Waals surface area contributed by atoms with Crippen LogP contribution in [-0.2, 0) is 0 Å². The molecule has 4 heteroatoms. The molecule has 3 N–H and O–H groups in total. The summed E-state index contributed by atoms with van der Waals surface area (Å²) in [6.07, 6.45) is 3.50. The number of hydrogen-bond donors (Lipinski definition) is 2. The fourth-order valence-corrected chi connectivity index (χ4v) is 1.44. The molecule has 0 radical (unpaired) electrons. The zero-order valence-electron chi connectivity index (χ0n) is 8.88. The van der Waals surface area contributed by atoms with Gasteiger partial charge in [0.1, 0.15) is 6.67 Å². The lowest BCUT2D eigenvalue weighted by Gasteiger charge is -2.07. The Hall–Kier alpha value is -2.07. The standard InChI is InChI=1S/C7H9N3.C5H5N/c8-10-5-9-6-3-1-2-4-7(6)10;1-2-4-6-5-3-1/h1-4,9H,5,8H2;1-5H. The Morgan fingerprint density at radius 3 is 2.38 bits per heavy atom. The molecule has 16 heavy (non-hydrogen) atoms. The number of hydrazine groups is 1. The van der Waals surface area contributed by atoms with Crippen molar-refractivity contribution in [1.82, 2.24) is 4.98 Å². The molecule has 0 aliphatic carbocycles. The Morgan fingerprint density at radius 1 is 1.06 bits per heavy atom. The Morgan fingerprint density at radius 2 is 1.81 bits per heavy atom. The van der Waals surface area contributed by atoms with Crippen molar-refractivity contribution < 1.29 is 0 Å². The van der Waals surface area contributed by atoms with E-state index < -0.39 is 0 Å². The molecule has 0 unspecified atom stereocenters. The van der Waals surface area contributed by atoms with Gasteiger partial charge in [0.05, 0.1) is 11.4 Å². The summed E-state index contributed by atoms with van der Waals surface area (Å²) < 4.78 is 0. The van der Waals surface area contributed by atoms with Crippen molar-refractivity contribution >= 4 is 11.4 Å². The van der Waals surface area contributed by atoms with Crippen LogP contribution in [0.2, 0.25) is 0 Å². The molecule has 1 aliphatic heterocycles. The van der Waals surface area contributed by atoms with Gasteiger partial charge in [0.15, 0.2) is 0 Å². The van der Waals surface area contributed by atoms with Gasteiger partial charge in [0.25, 0.3) is 0 Å². The molecule has 4 nitrogen and oxygen atoms in total. The maximum Gasteiger partial charge on any atom is 0.103 e. The summed E-state index contributed by atoms with van der Waals surface area (Å²) in [5.41, 5.74) is 2.19. The predicted molar refractivity (Wildman–Crippen MR) is 65.8 cm³/mol. The van der Waals surface area contributed by atoms with Crippen LogP contribution in [0.1, 0.15) is 0 Å². The van der Waals surface area contributed by atoms with Crippen LogP contribution in [0.4, 0.5) is 11.4 Å². The molecule has 0 amide bonds. The summed E-state index contributed by atoms with van der Waals surface area (Å²) in [5.74, 6) is 5.62. The number of anilines is 2. The van der Waals surface area contributed by atoms with E-state index >= 15 is 0 Å². The van der Waals surface area contributed by atoms with Crippen molar-refractivity contribution in [1.29, 1.82) is 0 Å². The maximum atomic E-state index is 5.62. The molecule has 0 spiro atoms. The average Bonchev–Trinajstić information content (AvgIpc) is 2.75. The molecular formula is C12H14N4. The number of rotatable bonds is 0. The smallest absolute Gasteiger partial charge is 0.103 e. The van der Waals surface area contributed by atoms with Gasteiger partial charge in [-0.15, -0.1) is 0 Å². The van der Waals surface area contributed by atoms with Crippen molar-refractivity contribution in [2.75, 3.05) is 17.0 Å². The summed E-state index contributed by atoms with van der Waals surface area (Å²) in [4.78, 5) is 3.78. The summed E-state index contributed by atoms with van der Waals surface area (Å²) in [7, 11) is 0. The zero-order valence-corrected chi connectivity index (χ0v) is 8.88. The lowest BCUT2D eigenvalue weighted by molar-refractivity contribution is 0.945. The third-order valence-electron chi connectivity index (χ3n) is 2.22. The van der Waals surface area contributed by atoms with Crippen LogP contribution in [0.15, 0.2) is 54.9 Å². The lowest BCUT2D eigenvalue weighted by atomic mass is 10.3. The number of nitrogens with zero attached hydrogens (tertiary/aromatic N) is 2. The molecule has 0 bridgehead atoms. The minimum atomic E-state index is 0.708. The van der Waals surface area contributed by atoms with Gasteiger partial charge in [0, 0.05) is 12.4 Å². The lowest BCUT2D eigenvalue weighted by Crippen LogP contribution is -2.29. The molecule has 0 saturated heterocycles. The monoisotopic (exact) mass is 214 g/mol. The topological polar surface area (TPSA) is 54.2 Å². The zero-order chi connectivity index (χ0) is 11.2. The first-order valence-electron chi connectivity index (χ1n) is 5.08. The van der Waals surface area contributed by atoms with Crippen LogP contribution < -0.4 is 16.2 Å². The minimum absolute atomic E-state index is 0.708. The van der Waals surface area contributed by atoms with Crippen LogP contribution in [0.25, 0.3) is 0 Å². The number of benzene rings is 1. The van der Waals surface area contributed by atoms with E-state index in [-0.39, 0.29) is 0 Å². The van der Waals surface area contributed by atoms with Crippen LogP contribution >= 0.6 is 0 Å². The normalized spacial score (nSPS) is 12.2. The first-order chi connectivity index (χ1) is 7.88. The molecule has 2 aromatic rings. The van der Waals surface area contributed by atoms with E-state index in [9.17, 15) is 0 Å². The number of nitrogens with one attached hydrogen (secondary N) is 1. The van der Waals surface area contributed by atoms with Crippen LogP contribution in [0.5, 0.6) is 0 Å². The molecule has 1 aliphatic rings. The number of para-hydroxylation sites is 2. The minimum Gasteiger partial charge on any atom is -0.365 e. The van der Waals surface area contributed by atoms with Gasteiger partial charge < -0.3 is 5.32 Å². The van der Waals surface area contributed by atoms with Gasteiger partial charge in [-0.25, -0.2) is 5.84 Å². The maximum absolute atomic E-state index is 5.62. The van der Waals surface area contributed by atoms with Gasteiger partial charge in [0.2, 0.25) is 0 Å². The van der Waals surface area contributed by atoms with E-state index in [1.807, 2.05) is 42.5 Å². The van der Waals surface area contributed by atoms with Gasteiger partial charge >= 0.3 is 0 Å². The van der Waals surface area contributed by atoms with Gasteiger partial charge in [-0.1, -0.05) is 18.2 Å². The van der Waals surface area contributed by atoms with Crippen molar-refractivity contribution in [3.63, 3.8) is 0 Å². The number of pyridine rings is 1. The second-order valence-corrected chi connectivity index (χ2v) is 3.35. The molecule has 82 valence electrons. The fraction of sp³-hybridized carbons (Fsp3) is 0.0833. The number of aromatic nitrogens is 1. The summed E-state index contributed by atoms with van der Waals surface area (Å²) in [5, 5.41) is 4.84. The molecule has 0 fully saturated rings. The summed E-state index contributed by atoms with van der Waals surface area (Å²) in [6, 6.07) is 13.7. The first kappa shape index (κ1) is 10.4. The quantitative estimate of drug-likeness (QED) is 0.657. The highest BCUT2D eigenvalue weighted by atomic mass is 15.5. The Bertz CT molecular complexity index is 403. The predicted octanol–water partition coefficient (Wildman–Crippen LogP) is 1.83. The Kier molecular flexibility index (Phi) is 3.35. The number of fused-ring (bicyclic) bond motifs is 1. The van der Waals surface area contributed by atoms with E-state index in [0.29, 0.717) is 6.67 Å². The van der Waals surface area contributed by atoms with Crippen LogP contribution in [0.3, 0.4) is 0 Å². The molecule has 1 aromatic heterocycles. The third kappa shape index (κ3) is 2.49. The fourth-order valence-electron chi connectivity index (χ4n) is 1.44. The highest BCUT2D eigenvalue weighted by Crippen LogP contribution is 2.27. The number of nitrogens with two attached hydrogens (primary N) is 1. The number of hydrogen-bond acceptors (Lipinski definition) is 4. The van der Waals surface area contributed by atoms with Gasteiger partial charge in [-0.05, 0) is 24.3 Å². The Balaban J connectivity index is 0.000000138. The SMILES string of the molecule is NN1CNc2ccccc21.c1ccncc1. The van der Waals surface area contributed by atoms with Crippen molar-refractivity contribution in [3.05, 3.63) is 54.9 Å². The van der Waals surface area contributed by atoms with Crippen LogP contribution in [0, 0.1) is 0 Å². The van der Waals surface area contributed by atoms with Crippen molar-refractivity contribution in [2.24, 2.45) is 5.84 Å². The molecule has 3 rings (SSSR count). The molecule has 0 saturated carbocycles. The van der Waals surface area contributed by atoms with E-state index in [0.717, 1.165) is 11.4 Å². The molecule has 0 atom stereocenters. The van der Waals surface area contributed by atoms with Crippen molar-refractivity contribution in [2.45, 2.75) is 0 Å². The summed E-state index contributed by atoms with van der Waals surface area (Å²) >= 11 is 0. The van der Waals surface area contributed by atoms with E-state index in [1.165, 1.54) is 0 Å². The van der Waals surface area contributed by atoms with Gasteiger partial charge in [-0.3, -0.25) is 9.99 Å². The Labute approximate surface area is 94.7 Å². The van der Waals surface area contributed by atoms with E-state index in [4.69, 9.17) is 5.84 Å². The molecule has 2 heterocycles. The summed E-state index contributed by atoms with van der Waals surface area (Å²) in [6.45, 7) is 0.708. The van der Waals surface area contributed by atoms with Crippen LogP contribution in [-0.4, -0.2) is 11.7 Å². The second-order valence-electron chi connectivity index (χ2n) is 3.35. The third-order valence-corrected chi connectivity index (χ3v) is 2.22. The van der Waals surface area contributed by atoms with Crippen molar-refractivity contribution in [3.8, 4) is 0 Å². The molecule has 1 aromatic carbocycles. The van der Waals surface area contributed by atoms with Gasteiger partial charge in [-0.2, -0.15) is 0 Å². The largest absolute Gasteiger partial charge is 0.365 e. The van der Waals surface area contributed by atoms with E-state index in [1.54, 1.807) is 17.4 Å². The second kappa shape index (κ2) is 5.14. The van der Waals surface area contributed by atoms with E-state index in [2.05, 4.69) is 10.3 Å². The molecular weight excluding hydrogens is 200 g/mol. The highest BCUT2D eigenvalue weighted by Gasteiger charge is 2.12.